The van der Waals surface area contributed by atoms with E-state index in [1.807, 2.05) is 0 Å². The number of rotatable bonds is 3. The number of halogens is 3. The first kappa shape index (κ1) is 14.0. The van der Waals surface area contributed by atoms with Crippen LogP contribution in [0.2, 0.25) is 0 Å². The molecule has 0 amide bonds. The van der Waals surface area contributed by atoms with E-state index in [0.29, 0.717) is 5.75 Å². The van der Waals surface area contributed by atoms with Crippen LogP contribution in [0.15, 0.2) is 24.3 Å². The molecule has 1 aliphatic heterocycles. The molecule has 0 atom stereocenters. The van der Waals surface area contributed by atoms with E-state index in [0.717, 1.165) is 25.9 Å². The third-order valence-corrected chi connectivity index (χ3v) is 3.03. The van der Waals surface area contributed by atoms with Gasteiger partial charge in [-0.05, 0) is 44.2 Å². The lowest BCUT2D eigenvalue weighted by Gasteiger charge is -2.29. The van der Waals surface area contributed by atoms with Crippen LogP contribution in [0.25, 0.3) is 0 Å². The maximum absolute atomic E-state index is 12.0. The molecule has 106 valence electrons. The lowest BCUT2D eigenvalue weighted by Crippen LogP contribution is -2.35. The predicted molar refractivity (Wildman–Crippen MR) is 64.3 cm³/mol. The molecule has 1 aromatic rings. The molecule has 3 nitrogen and oxygen atoms in total. The average molecular weight is 275 g/mol. The largest absolute Gasteiger partial charge is 0.573 e. The number of ether oxygens (including phenoxy) is 2. The summed E-state index contributed by atoms with van der Waals surface area (Å²) < 4.78 is 45.5. The van der Waals surface area contributed by atoms with E-state index in [1.165, 1.54) is 24.3 Å². The monoisotopic (exact) mass is 275 g/mol. The molecule has 1 heterocycles. The molecule has 1 aromatic carbocycles. The summed E-state index contributed by atoms with van der Waals surface area (Å²) in [4.78, 5) is 2.22. The van der Waals surface area contributed by atoms with Gasteiger partial charge in [0.25, 0.3) is 0 Å². The van der Waals surface area contributed by atoms with Gasteiger partial charge in [-0.2, -0.15) is 0 Å². The van der Waals surface area contributed by atoms with E-state index in [2.05, 4.69) is 16.7 Å². The molecule has 6 heteroatoms. The Balaban J connectivity index is 1.88. The molecule has 0 spiro atoms. The van der Waals surface area contributed by atoms with Gasteiger partial charge >= 0.3 is 6.36 Å². The number of nitrogens with zero attached hydrogens (tertiary/aromatic N) is 1. The Morgan fingerprint density at radius 2 is 1.58 bits per heavy atom. The highest BCUT2D eigenvalue weighted by Gasteiger charge is 2.31. The summed E-state index contributed by atoms with van der Waals surface area (Å²) in [6.07, 6.45) is -2.67. The number of piperidine rings is 1. The van der Waals surface area contributed by atoms with E-state index in [-0.39, 0.29) is 11.9 Å². The summed E-state index contributed by atoms with van der Waals surface area (Å²) in [5.74, 6) is 0.340. The fraction of sp³-hybridized carbons (Fsp3) is 0.538. The molecule has 2 rings (SSSR count). The Morgan fingerprint density at radius 3 is 2.11 bits per heavy atom. The summed E-state index contributed by atoms with van der Waals surface area (Å²) in [5, 5.41) is 0. The van der Waals surface area contributed by atoms with Gasteiger partial charge in [-0.3, -0.25) is 0 Å². The van der Waals surface area contributed by atoms with Crippen LogP contribution in [0.3, 0.4) is 0 Å². The molecule has 19 heavy (non-hydrogen) atoms. The number of alkyl halides is 3. The minimum atomic E-state index is -4.66. The first-order valence-electron chi connectivity index (χ1n) is 6.13. The van der Waals surface area contributed by atoms with Crippen LogP contribution >= 0.6 is 0 Å². The van der Waals surface area contributed by atoms with Crippen LogP contribution in [0, 0.1) is 0 Å². The zero-order valence-electron chi connectivity index (χ0n) is 10.6. The van der Waals surface area contributed by atoms with Crippen LogP contribution in [0.1, 0.15) is 12.8 Å². The second-order valence-electron chi connectivity index (χ2n) is 4.64. The molecule has 0 bridgehead atoms. The topological polar surface area (TPSA) is 21.7 Å². The molecular weight excluding hydrogens is 259 g/mol. The van der Waals surface area contributed by atoms with Crippen LogP contribution < -0.4 is 9.47 Å². The summed E-state index contributed by atoms with van der Waals surface area (Å²) in [6.45, 7) is 1.94. The van der Waals surface area contributed by atoms with Crippen molar-refractivity contribution in [3.63, 3.8) is 0 Å². The number of hydrogen-bond acceptors (Lipinski definition) is 3. The van der Waals surface area contributed by atoms with Crippen molar-refractivity contribution in [3.05, 3.63) is 24.3 Å². The molecule has 1 saturated heterocycles. The van der Waals surface area contributed by atoms with Crippen LogP contribution in [0.5, 0.6) is 11.5 Å². The molecule has 0 N–H and O–H groups in total. The normalized spacial score (nSPS) is 18.3. The number of benzene rings is 1. The summed E-state index contributed by atoms with van der Waals surface area (Å²) in [5.41, 5.74) is 0. The molecule has 0 aromatic heterocycles. The van der Waals surface area contributed by atoms with Gasteiger partial charge in [0, 0.05) is 13.1 Å². The van der Waals surface area contributed by atoms with Gasteiger partial charge in [0.15, 0.2) is 0 Å². The summed E-state index contributed by atoms with van der Waals surface area (Å²) in [7, 11) is 2.06. The van der Waals surface area contributed by atoms with Crippen molar-refractivity contribution in [2.24, 2.45) is 0 Å². The third kappa shape index (κ3) is 4.63. The molecule has 1 fully saturated rings. The minimum absolute atomic E-state index is 0.130. The van der Waals surface area contributed by atoms with Crippen LogP contribution in [0.4, 0.5) is 13.2 Å². The molecule has 1 aliphatic rings. The lowest BCUT2D eigenvalue weighted by molar-refractivity contribution is -0.274. The van der Waals surface area contributed by atoms with Gasteiger partial charge in [0.1, 0.15) is 17.6 Å². The van der Waals surface area contributed by atoms with Gasteiger partial charge in [0.2, 0.25) is 0 Å². The molecular formula is C13H16F3NO2. The highest BCUT2D eigenvalue weighted by Crippen LogP contribution is 2.26. The highest BCUT2D eigenvalue weighted by atomic mass is 19.4. The second-order valence-corrected chi connectivity index (χ2v) is 4.64. The van der Waals surface area contributed by atoms with Crippen molar-refractivity contribution < 1.29 is 22.6 Å². The molecule has 0 unspecified atom stereocenters. The Labute approximate surface area is 109 Å². The second kappa shape index (κ2) is 5.69. The SMILES string of the molecule is CN1CCC(Oc2ccc(OC(F)(F)F)cc2)CC1. The van der Waals surface area contributed by atoms with Crippen molar-refractivity contribution in [2.75, 3.05) is 20.1 Å². The van der Waals surface area contributed by atoms with E-state index < -0.39 is 6.36 Å². The van der Waals surface area contributed by atoms with Crippen molar-refractivity contribution in [1.82, 2.24) is 4.90 Å². The van der Waals surface area contributed by atoms with E-state index >= 15 is 0 Å². The van der Waals surface area contributed by atoms with Crippen LogP contribution in [-0.2, 0) is 0 Å². The Kier molecular flexibility index (Phi) is 4.19. The number of hydrogen-bond donors (Lipinski definition) is 0. The molecule has 0 saturated carbocycles. The van der Waals surface area contributed by atoms with Crippen molar-refractivity contribution in [3.8, 4) is 11.5 Å². The Hall–Kier alpha value is -1.43. The van der Waals surface area contributed by atoms with Crippen LogP contribution in [-0.4, -0.2) is 37.5 Å². The third-order valence-electron chi connectivity index (χ3n) is 3.03. The quantitative estimate of drug-likeness (QED) is 0.846. The van der Waals surface area contributed by atoms with E-state index in [1.54, 1.807) is 0 Å². The van der Waals surface area contributed by atoms with Crippen molar-refractivity contribution in [2.45, 2.75) is 25.3 Å². The maximum atomic E-state index is 12.0. The maximum Gasteiger partial charge on any atom is 0.573 e. The Morgan fingerprint density at radius 1 is 1.05 bits per heavy atom. The predicted octanol–water partition coefficient (Wildman–Crippen LogP) is 3.06. The van der Waals surface area contributed by atoms with E-state index in [4.69, 9.17) is 4.74 Å². The zero-order valence-corrected chi connectivity index (χ0v) is 10.6. The standard InChI is InChI=1S/C13H16F3NO2/c1-17-8-6-11(7-9-17)18-10-2-4-12(5-3-10)19-13(14,15)16/h2-5,11H,6-9H2,1H3. The lowest BCUT2D eigenvalue weighted by atomic mass is 10.1. The molecule has 0 radical (unpaired) electrons. The fourth-order valence-electron chi connectivity index (χ4n) is 2.02. The first-order chi connectivity index (χ1) is 8.92. The van der Waals surface area contributed by atoms with Gasteiger partial charge in [0.05, 0.1) is 0 Å². The van der Waals surface area contributed by atoms with Crippen molar-refractivity contribution >= 4 is 0 Å². The zero-order chi connectivity index (χ0) is 13.9. The fourth-order valence-corrected chi connectivity index (χ4v) is 2.02. The van der Waals surface area contributed by atoms with Gasteiger partial charge in [-0.15, -0.1) is 13.2 Å². The van der Waals surface area contributed by atoms with E-state index in [9.17, 15) is 13.2 Å². The van der Waals surface area contributed by atoms with Crippen molar-refractivity contribution in [1.29, 1.82) is 0 Å². The summed E-state index contributed by atoms with van der Waals surface area (Å²) in [6, 6.07) is 5.52. The Bertz CT molecular complexity index is 397. The summed E-state index contributed by atoms with van der Waals surface area (Å²) >= 11 is 0. The first-order valence-corrected chi connectivity index (χ1v) is 6.13. The minimum Gasteiger partial charge on any atom is -0.490 e. The highest BCUT2D eigenvalue weighted by molar-refractivity contribution is 5.31. The van der Waals surface area contributed by atoms with Gasteiger partial charge in [-0.1, -0.05) is 0 Å². The van der Waals surface area contributed by atoms with Gasteiger partial charge < -0.3 is 14.4 Å². The van der Waals surface area contributed by atoms with Gasteiger partial charge in [-0.25, -0.2) is 0 Å². The molecule has 0 aliphatic carbocycles. The number of likely N-dealkylation sites (tertiary alicyclic amines) is 1. The average Bonchev–Trinajstić information content (AvgIpc) is 2.33. The smallest absolute Gasteiger partial charge is 0.490 e.